The number of carbonyl (C=O) groups is 1. The van der Waals surface area contributed by atoms with Crippen molar-refractivity contribution >= 4 is 46.8 Å². The first-order chi connectivity index (χ1) is 22.3. The Morgan fingerprint density at radius 2 is 1.57 bits per heavy atom. The Labute approximate surface area is 284 Å². The summed E-state index contributed by atoms with van der Waals surface area (Å²) < 4.78 is 27.6. The molecule has 0 unspecified atom stereocenters. The van der Waals surface area contributed by atoms with Gasteiger partial charge in [-0.15, -0.1) is 0 Å². The number of hydrogen-bond donors (Lipinski definition) is 7. The Bertz CT molecular complexity index is 1540. The molecule has 2 aliphatic heterocycles. The number of hydrogen-bond acceptors (Lipinski definition) is 12. The lowest BCUT2D eigenvalue weighted by molar-refractivity contribution is -0.155. The molecule has 1 aliphatic carbocycles. The number of carbonyl (C=O) groups excluding carboxylic acids is 1. The standard InChI is InChI=1S/C31H34Cl3NO12/c1-12(5-6-43-20-10-16(33)15(32)9-17(20)34)27-25(40)26(41)31(47-27)46-19-4-3-14(8-18(19)36)7-13(2)30(42)35-21-22(37)24(39)29-28(23(21)38)44-11-45-29/h3-5,7-10,21-29,31,36-41H,6,11H2,1-2H3,(H,35,42)/b12-5+,13-7+/t21-,22+,23-,24-,25+,26+,27-,28+,29-,31-/m1/s1. The Hall–Kier alpha value is -2.66. The molecule has 256 valence electrons. The van der Waals surface area contributed by atoms with Crippen LogP contribution >= 0.6 is 34.8 Å². The van der Waals surface area contributed by atoms with Crippen LogP contribution in [0, 0.1) is 0 Å². The molecule has 3 aliphatic rings. The third-order valence-corrected chi connectivity index (χ3v) is 9.17. The summed E-state index contributed by atoms with van der Waals surface area (Å²) in [5.74, 6) is -0.742. The summed E-state index contributed by atoms with van der Waals surface area (Å²) in [6, 6.07) is 5.93. The summed E-state index contributed by atoms with van der Waals surface area (Å²) in [6.45, 7) is 3.04. The van der Waals surface area contributed by atoms with Crippen molar-refractivity contribution in [2.45, 2.75) is 75.0 Å². The fraction of sp³-hybridized carbons (Fsp3) is 0.452. The van der Waals surface area contributed by atoms with Crippen molar-refractivity contribution < 1.29 is 59.1 Å². The van der Waals surface area contributed by atoms with Crippen molar-refractivity contribution in [2.24, 2.45) is 0 Å². The van der Waals surface area contributed by atoms with E-state index in [9.17, 15) is 35.4 Å². The van der Waals surface area contributed by atoms with Gasteiger partial charge in [0.25, 0.3) is 0 Å². The molecule has 0 aromatic heterocycles. The zero-order chi connectivity index (χ0) is 34.2. The van der Waals surface area contributed by atoms with Crippen LogP contribution in [-0.2, 0) is 19.0 Å². The molecule has 47 heavy (non-hydrogen) atoms. The number of aliphatic hydroxyl groups is 5. The first-order valence-electron chi connectivity index (χ1n) is 14.5. The van der Waals surface area contributed by atoms with Gasteiger partial charge in [-0.1, -0.05) is 40.9 Å². The Balaban J connectivity index is 1.18. The molecule has 3 fully saturated rings. The first kappa shape index (κ1) is 35.6. The fourth-order valence-corrected chi connectivity index (χ4v) is 6.09. The number of halogens is 3. The minimum atomic E-state index is -1.50. The fourth-order valence-electron chi connectivity index (χ4n) is 5.50. The minimum Gasteiger partial charge on any atom is -0.504 e. The van der Waals surface area contributed by atoms with Crippen LogP contribution in [0.3, 0.4) is 0 Å². The van der Waals surface area contributed by atoms with Gasteiger partial charge in [0.05, 0.1) is 21.1 Å². The predicted molar refractivity (Wildman–Crippen MR) is 168 cm³/mol. The second kappa shape index (κ2) is 14.8. The number of amides is 1. The van der Waals surface area contributed by atoms with E-state index in [1.807, 2.05) is 0 Å². The molecule has 7 N–H and O–H groups in total. The Kier molecular flexibility index (Phi) is 11.3. The first-order valence-corrected chi connectivity index (χ1v) is 15.6. The molecule has 10 atom stereocenters. The number of aliphatic hydroxyl groups excluding tert-OH is 5. The van der Waals surface area contributed by atoms with Crippen molar-refractivity contribution in [3.8, 4) is 17.2 Å². The van der Waals surface area contributed by atoms with E-state index in [0.29, 0.717) is 16.9 Å². The average molecular weight is 719 g/mol. The maximum absolute atomic E-state index is 12.9. The van der Waals surface area contributed by atoms with Crippen LogP contribution in [0.5, 0.6) is 17.2 Å². The van der Waals surface area contributed by atoms with E-state index in [4.69, 9.17) is 58.5 Å². The molecule has 0 bridgehead atoms. The van der Waals surface area contributed by atoms with Gasteiger partial charge in [-0.25, -0.2) is 0 Å². The lowest BCUT2D eigenvalue weighted by Crippen LogP contribution is -2.67. The maximum atomic E-state index is 12.9. The van der Waals surface area contributed by atoms with Gasteiger partial charge in [-0.2, -0.15) is 0 Å². The summed E-state index contributed by atoms with van der Waals surface area (Å²) in [4.78, 5) is 12.9. The number of phenolic OH excluding ortho intramolecular Hbond substituents is 1. The summed E-state index contributed by atoms with van der Waals surface area (Å²) in [5, 5.41) is 66.6. The van der Waals surface area contributed by atoms with Crippen LogP contribution in [0.15, 0.2) is 47.6 Å². The van der Waals surface area contributed by atoms with Gasteiger partial charge < -0.3 is 59.6 Å². The molecule has 2 saturated heterocycles. The van der Waals surface area contributed by atoms with Crippen LogP contribution in [-0.4, -0.2) is 111 Å². The smallest absolute Gasteiger partial charge is 0.247 e. The number of nitrogens with one attached hydrogen (secondary N) is 1. The molecule has 0 radical (unpaired) electrons. The number of ether oxygens (including phenoxy) is 5. The molecule has 2 aromatic carbocycles. The van der Waals surface area contributed by atoms with Crippen molar-refractivity contribution in [2.75, 3.05) is 13.4 Å². The Morgan fingerprint density at radius 1 is 0.894 bits per heavy atom. The highest BCUT2D eigenvalue weighted by Crippen LogP contribution is 2.36. The summed E-state index contributed by atoms with van der Waals surface area (Å²) >= 11 is 18.1. The molecule has 1 saturated carbocycles. The van der Waals surface area contributed by atoms with Gasteiger partial charge in [-0.05, 0) is 55.3 Å². The number of rotatable bonds is 9. The van der Waals surface area contributed by atoms with E-state index in [-0.39, 0.29) is 45.5 Å². The van der Waals surface area contributed by atoms with Gasteiger partial charge in [0.1, 0.15) is 68.0 Å². The van der Waals surface area contributed by atoms with Crippen molar-refractivity contribution in [3.63, 3.8) is 0 Å². The van der Waals surface area contributed by atoms with Crippen LogP contribution < -0.4 is 14.8 Å². The second-order valence-corrected chi connectivity index (χ2v) is 12.6. The van der Waals surface area contributed by atoms with E-state index in [0.717, 1.165) is 0 Å². The lowest BCUT2D eigenvalue weighted by atomic mass is 9.83. The third kappa shape index (κ3) is 7.66. The SMILES string of the molecule is C/C(=C\c1ccc(O[C@@H]2O[C@H](/C(C)=C/COc3cc(Cl)c(Cl)cc3Cl)[C@@H](O)[C@@H]2O)c(O)c1)C(=O)N[C@@H]1[C@H](O)[C@@H](O)[C@H]2OCO[C@H]2[C@@H]1O. The van der Waals surface area contributed by atoms with Gasteiger partial charge >= 0.3 is 0 Å². The van der Waals surface area contributed by atoms with E-state index in [2.05, 4.69) is 5.32 Å². The van der Waals surface area contributed by atoms with Crippen molar-refractivity contribution in [3.05, 3.63) is 68.2 Å². The molecule has 0 spiro atoms. The normalized spacial score (nSPS) is 32.6. The average Bonchev–Trinajstić information content (AvgIpc) is 3.63. The summed E-state index contributed by atoms with van der Waals surface area (Å²) in [6.07, 6.45) is -8.06. The summed E-state index contributed by atoms with van der Waals surface area (Å²) in [5.41, 5.74) is 1.08. The molecule has 13 nitrogen and oxygen atoms in total. The van der Waals surface area contributed by atoms with E-state index >= 15 is 0 Å². The quantitative estimate of drug-likeness (QED) is 0.113. The number of phenols is 1. The van der Waals surface area contributed by atoms with E-state index < -0.39 is 67.1 Å². The molecule has 2 aromatic rings. The van der Waals surface area contributed by atoms with Crippen molar-refractivity contribution in [1.29, 1.82) is 0 Å². The Morgan fingerprint density at radius 3 is 2.28 bits per heavy atom. The highest BCUT2D eigenvalue weighted by atomic mass is 35.5. The molecule has 2 heterocycles. The zero-order valence-corrected chi connectivity index (χ0v) is 27.3. The summed E-state index contributed by atoms with van der Waals surface area (Å²) in [7, 11) is 0. The second-order valence-electron chi connectivity index (χ2n) is 11.4. The number of aromatic hydroxyl groups is 1. The van der Waals surface area contributed by atoms with Crippen LogP contribution in [0.1, 0.15) is 19.4 Å². The highest BCUT2D eigenvalue weighted by molar-refractivity contribution is 6.43. The molecule has 16 heteroatoms. The monoisotopic (exact) mass is 717 g/mol. The molecule has 1 amide bonds. The highest BCUT2D eigenvalue weighted by Gasteiger charge is 2.53. The van der Waals surface area contributed by atoms with Gasteiger partial charge in [0, 0.05) is 11.6 Å². The maximum Gasteiger partial charge on any atom is 0.247 e. The van der Waals surface area contributed by atoms with Gasteiger partial charge in [-0.3, -0.25) is 4.79 Å². The van der Waals surface area contributed by atoms with Crippen LogP contribution in [0.25, 0.3) is 6.08 Å². The van der Waals surface area contributed by atoms with Crippen LogP contribution in [0.4, 0.5) is 0 Å². The third-order valence-electron chi connectivity index (χ3n) is 8.16. The molecular formula is C31H34Cl3NO12. The van der Waals surface area contributed by atoms with Crippen LogP contribution in [0.2, 0.25) is 15.1 Å². The molecular weight excluding hydrogens is 685 g/mol. The van der Waals surface area contributed by atoms with Crippen molar-refractivity contribution in [1.82, 2.24) is 5.32 Å². The largest absolute Gasteiger partial charge is 0.504 e. The number of benzene rings is 2. The minimum absolute atomic E-state index is 0.0407. The van der Waals surface area contributed by atoms with E-state index in [1.165, 1.54) is 43.3 Å². The number of fused-ring (bicyclic) bond motifs is 1. The zero-order valence-electron chi connectivity index (χ0n) is 25.0. The van der Waals surface area contributed by atoms with Gasteiger partial charge in [0.15, 0.2) is 11.5 Å². The topological polar surface area (TPSA) is 197 Å². The van der Waals surface area contributed by atoms with Gasteiger partial charge in [0.2, 0.25) is 12.2 Å². The lowest BCUT2D eigenvalue weighted by Gasteiger charge is -2.41. The predicted octanol–water partition coefficient (Wildman–Crippen LogP) is 1.93. The molecule has 5 rings (SSSR count). The van der Waals surface area contributed by atoms with E-state index in [1.54, 1.807) is 13.0 Å².